The summed E-state index contributed by atoms with van der Waals surface area (Å²) in [4.78, 5) is 16.9. The number of hydrogen-bond acceptors (Lipinski definition) is 3. The molecule has 1 saturated heterocycles. The Balaban J connectivity index is 1.19. The second-order valence-corrected chi connectivity index (χ2v) is 7.98. The Hall–Kier alpha value is -2.31. The van der Waals surface area contributed by atoms with E-state index in [2.05, 4.69) is 10.2 Å². The number of hydrogen-bond donors (Lipinski definition) is 1. The fourth-order valence-electron chi connectivity index (χ4n) is 3.96. The SMILES string of the molecule is O=C(NC1CCN(CCOc2ccc(F)cc2)CC1)N1CCc2cc(Cl)ccc21. The van der Waals surface area contributed by atoms with Gasteiger partial charge in [-0.3, -0.25) is 9.80 Å². The molecular formula is C22H25ClFN3O2. The van der Waals surface area contributed by atoms with Gasteiger partial charge in [0.25, 0.3) is 0 Å². The van der Waals surface area contributed by atoms with E-state index < -0.39 is 0 Å². The fourth-order valence-corrected chi connectivity index (χ4v) is 4.15. The molecule has 1 N–H and O–H groups in total. The van der Waals surface area contributed by atoms with E-state index in [1.54, 1.807) is 12.1 Å². The van der Waals surface area contributed by atoms with Crippen molar-refractivity contribution in [1.29, 1.82) is 0 Å². The molecular weight excluding hydrogens is 393 g/mol. The summed E-state index contributed by atoms with van der Waals surface area (Å²) in [6.45, 7) is 3.92. The standard InChI is InChI=1S/C22H25ClFN3O2/c23-17-1-6-21-16(15-17)7-12-27(21)22(28)25-19-8-10-26(11-9-19)13-14-29-20-4-2-18(24)3-5-20/h1-6,15,19H,7-14H2,(H,25,28). The molecule has 0 radical (unpaired) electrons. The normalized spacial score (nSPS) is 17.2. The van der Waals surface area contributed by atoms with Crippen LogP contribution in [-0.2, 0) is 6.42 Å². The second kappa shape index (κ2) is 9.01. The number of rotatable bonds is 5. The highest BCUT2D eigenvalue weighted by molar-refractivity contribution is 6.30. The minimum Gasteiger partial charge on any atom is -0.492 e. The number of carbonyl (C=O) groups excluding carboxylic acids is 1. The number of carbonyl (C=O) groups is 1. The number of nitrogens with one attached hydrogen (secondary N) is 1. The molecule has 2 heterocycles. The molecule has 2 aromatic rings. The Morgan fingerprint density at radius 3 is 2.66 bits per heavy atom. The number of anilines is 1. The first-order valence-electron chi connectivity index (χ1n) is 10.1. The minimum absolute atomic E-state index is 0.0239. The lowest BCUT2D eigenvalue weighted by atomic mass is 10.1. The van der Waals surface area contributed by atoms with E-state index in [-0.39, 0.29) is 17.9 Å². The van der Waals surface area contributed by atoms with E-state index in [1.807, 2.05) is 23.1 Å². The maximum atomic E-state index is 12.9. The van der Waals surface area contributed by atoms with Gasteiger partial charge in [0.2, 0.25) is 0 Å². The molecule has 0 aromatic heterocycles. The van der Waals surface area contributed by atoms with Crippen LogP contribution in [0.2, 0.25) is 5.02 Å². The number of halogens is 2. The third-order valence-corrected chi connectivity index (χ3v) is 5.82. The Kier molecular flexibility index (Phi) is 6.21. The van der Waals surface area contributed by atoms with Crippen LogP contribution in [0.3, 0.4) is 0 Å². The van der Waals surface area contributed by atoms with Gasteiger partial charge in [0.15, 0.2) is 0 Å². The summed E-state index contributed by atoms with van der Waals surface area (Å²) >= 11 is 6.05. The first-order valence-corrected chi connectivity index (χ1v) is 10.4. The summed E-state index contributed by atoms with van der Waals surface area (Å²) in [5, 5.41) is 3.89. The quantitative estimate of drug-likeness (QED) is 0.796. The molecule has 1 fully saturated rings. The predicted molar refractivity (Wildman–Crippen MR) is 112 cm³/mol. The number of nitrogens with zero attached hydrogens (tertiary/aromatic N) is 2. The van der Waals surface area contributed by atoms with Crippen molar-refractivity contribution in [3.8, 4) is 5.75 Å². The van der Waals surface area contributed by atoms with Crippen LogP contribution in [0, 0.1) is 5.82 Å². The largest absolute Gasteiger partial charge is 0.492 e. The number of piperidine rings is 1. The lowest BCUT2D eigenvalue weighted by molar-refractivity contribution is 0.165. The molecule has 0 spiro atoms. The Bertz CT molecular complexity index is 854. The van der Waals surface area contributed by atoms with Crippen LogP contribution in [0.4, 0.5) is 14.9 Å². The molecule has 0 aliphatic carbocycles. The van der Waals surface area contributed by atoms with E-state index in [4.69, 9.17) is 16.3 Å². The Morgan fingerprint density at radius 1 is 1.14 bits per heavy atom. The van der Waals surface area contributed by atoms with Gasteiger partial charge >= 0.3 is 6.03 Å². The van der Waals surface area contributed by atoms with Crippen LogP contribution in [0.15, 0.2) is 42.5 Å². The van der Waals surface area contributed by atoms with Gasteiger partial charge in [0.05, 0.1) is 0 Å². The van der Waals surface area contributed by atoms with Crippen molar-refractivity contribution >= 4 is 23.3 Å². The molecule has 4 rings (SSSR count). The summed E-state index contributed by atoms with van der Waals surface area (Å²) in [5.74, 6) is 0.420. The Morgan fingerprint density at radius 2 is 1.90 bits per heavy atom. The maximum Gasteiger partial charge on any atom is 0.322 e. The molecule has 2 amide bonds. The molecule has 0 bridgehead atoms. The van der Waals surface area contributed by atoms with Gasteiger partial charge < -0.3 is 10.1 Å². The van der Waals surface area contributed by atoms with E-state index in [0.29, 0.717) is 23.9 Å². The molecule has 0 unspecified atom stereocenters. The highest BCUT2D eigenvalue weighted by atomic mass is 35.5. The molecule has 0 saturated carbocycles. The number of urea groups is 1. The van der Waals surface area contributed by atoms with Crippen molar-refractivity contribution in [3.05, 3.63) is 58.9 Å². The van der Waals surface area contributed by atoms with Gasteiger partial charge in [-0.25, -0.2) is 9.18 Å². The maximum absolute atomic E-state index is 12.9. The smallest absolute Gasteiger partial charge is 0.322 e. The molecule has 2 aliphatic rings. The van der Waals surface area contributed by atoms with E-state index in [1.165, 1.54) is 12.1 Å². The van der Waals surface area contributed by atoms with Crippen LogP contribution in [0.1, 0.15) is 18.4 Å². The summed E-state index contributed by atoms with van der Waals surface area (Å²) in [5.41, 5.74) is 2.09. The first kappa shape index (κ1) is 20.0. The number of likely N-dealkylation sites (tertiary alicyclic amines) is 1. The second-order valence-electron chi connectivity index (χ2n) is 7.54. The lowest BCUT2D eigenvalue weighted by Crippen LogP contribution is -2.49. The molecule has 0 atom stereocenters. The van der Waals surface area contributed by atoms with Gasteiger partial charge in [-0.1, -0.05) is 11.6 Å². The third-order valence-electron chi connectivity index (χ3n) is 5.59. The van der Waals surface area contributed by atoms with Crippen molar-refractivity contribution in [1.82, 2.24) is 10.2 Å². The van der Waals surface area contributed by atoms with E-state index in [9.17, 15) is 9.18 Å². The van der Waals surface area contributed by atoms with Crippen molar-refractivity contribution in [2.45, 2.75) is 25.3 Å². The summed E-state index contributed by atoms with van der Waals surface area (Å²) in [7, 11) is 0. The van der Waals surface area contributed by atoms with Crippen LogP contribution in [0.5, 0.6) is 5.75 Å². The monoisotopic (exact) mass is 417 g/mol. The van der Waals surface area contributed by atoms with Crippen LogP contribution >= 0.6 is 11.6 Å². The van der Waals surface area contributed by atoms with Gasteiger partial charge in [-0.15, -0.1) is 0 Å². The molecule has 29 heavy (non-hydrogen) atoms. The molecule has 5 nitrogen and oxygen atoms in total. The highest BCUT2D eigenvalue weighted by Gasteiger charge is 2.27. The molecule has 7 heteroatoms. The van der Waals surface area contributed by atoms with Crippen molar-refractivity contribution in [2.24, 2.45) is 0 Å². The summed E-state index contributed by atoms with van der Waals surface area (Å²) in [6, 6.07) is 11.9. The molecule has 2 aliphatic heterocycles. The average Bonchev–Trinajstić information content (AvgIpc) is 3.14. The predicted octanol–water partition coefficient (Wildman–Crippen LogP) is 4.09. The van der Waals surface area contributed by atoms with Crippen molar-refractivity contribution < 1.29 is 13.9 Å². The lowest BCUT2D eigenvalue weighted by Gasteiger charge is -2.33. The third kappa shape index (κ3) is 5.00. The number of amides is 2. The van der Waals surface area contributed by atoms with Crippen LogP contribution < -0.4 is 15.0 Å². The topological polar surface area (TPSA) is 44.8 Å². The van der Waals surface area contributed by atoms with Crippen molar-refractivity contribution in [3.63, 3.8) is 0 Å². The molecule has 154 valence electrons. The number of fused-ring (bicyclic) bond motifs is 1. The van der Waals surface area contributed by atoms with Gasteiger partial charge in [-0.05, 0) is 67.3 Å². The van der Waals surface area contributed by atoms with E-state index >= 15 is 0 Å². The number of ether oxygens (including phenoxy) is 1. The van der Waals surface area contributed by atoms with E-state index in [0.717, 1.165) is 50.1 Å². The average molecular weight is 418 g/mol. The summed E-state index contributed by atoms with van der Waals surface area (Å²) in [6.07, 6.45) is 2.68. The van der Waals surface area contributed by atoms with Gasteiger partial charge in [-0.2, -0.15) is 0 Å². The fraction of sp³-hybridized carbons (Fsp3) is 0.409. The first-order chi connectivity index (χ1) is 14.1. The zero-order valence-electron chi connectivity index (χ0n) is 16.2. The van der Waals surface area contributed by atoms with Crippen molar-refractivity contribution in [2.75, 3.05) is 37.7 Å². The zero-order chi connectivity index (χ0) is 20.2. The van der Waals surface area contributed by atoms with Crippen LogP contribution in [0.25, 0.3) is 0 Å². The zero-order valence-corrected chi connectivity index (χ0v) is 17.0. The van der Waals surface area contributed by atoms with Gasteiger partial charge in [0.1, 0.15) is 18.2 Å². The summed E-state index contributed by atoms with van der Waals surface area (Å²) < 4.78 is 18.6. The minimum atomic E-state index is -0.261. The van der Waals surface area contributed by atoms with Crippen LogP contribution in [-0.4, -0.2) is 49.8 Å². The highest BCUT2D eigenvalue weighted by Crippen LogP contribution is 2.30. The number of benzene rings is 2. The molecule has 2 aromatic carbocycles. The van der Waals surface area contributed by atoms with Gasteiger partial charge in [0, 0.05) is 42.9 Å². The Labute approximate surface area is 175 Å².